The summed E-state index contributed by atoms with van der Waals surface area (Å²) in [5, 5.41) is 11.8. The van der Waals surface area contributed by atoms with E-state index in [1.54, 1.807) is 37.3 Å². The highest BCUT2D eigenvalue weighted by atomic mass is 32.2. The molecule has 3 aromatic rings. The predicted molar refractivity (Wildman–Crippen MR) is 124 cm³/mol. The van der Waals surface area contributed by atoms with Crippen LogP contribution in [0.25, 0.3) is 10.7 Å². The standard InChI is InChI=1S/C20H23N5O4S3/c1-13-5-6-15(12-17(13)32(27,28)25-7-9-29-10-8-25)21-19(26)14(2)31-20-22-18(23-24-20)16-4-3-11-30-16/h3-6,11-12,14H,7-10H2,1-2H3,(H,21,26)(H,22,23,24)/t14-/m0/s1. The number of nitrogens with zero attached hydrogens (tertiary/aromatic N) is 3. The lowest BCUT2D eigenvalue weighted by Gasteiger charge is -2.27. The highest BCUT2D eigenvalue weighted by Crippen LogP contribution is 2.27. The number of aryl methyl sites for hydroxylation is 1. The lowest BCUT2D eigenvalue weighted by atomic mass is 10.2. The minimum atomic E-state index is -3.66. The molecule has 2 aromatic heterocycles. The lowest BCUT2D eigenvalue weighted by molar-refractivity contribution is -0.115. The van der Waals surface area contributed by atoms with Crippen LogP contribution < -0.4 is 5.32 Å². The van der Waals surface area contributed by atoms with E-state index in [9.17, 15) is 13.2 Å². The van der Waals surface area contributed by atoms with Crippen LogP contribution in [0.4, 0.5) is 5.69 Å². The number of aromatic amines is 1. The number of thiophene rings is 1. The summed E-state index contributed by atoms with van der Waals surface area (Å²) >= 11 is 2.77. The molecule has 0 radical (unpaired) electrons. The highest BCUT2D eigenvalue weighted by molar-refractivity contribution is 8.00. The summed E-state index contributed by atoms with van der Waals surface area (Å²) in [6, 6.07) is 8.78. The predicted octanol–water partition coefficient (Wildman–Crippen LogP) is 2.98. The van der Waals surface area contributed by atoms with Crippen LogP contribution in [0.5, 0.6) is 0 Å². The van der Waals surface area contributed by atoms with Crippen molar-refractivity contribution < 1.29 is 17.9 Å². The molecule has 1 atom stereocenters. The van der Waals surface area contributed by atoms with E-state index < -0.39 is 15.3 Å². The summed E-state index contributed by atoms with van der Waals surface area (Å²) in [5.74, 6) is 0.391. The van der Waals surface area contributed by atoms with Gasteiger partial charge < -0.3 is 10.1 Å². The maximum absolute atomic E-state index is 13.1. The molecule has 0 unspecified atom stereocenters. The van der Waals surface area contributed by atoms with Crippen molar-refractivity contribution in [1.29, 1.82) is 0 Å². The molecule has 0 aliphatic carbocycles. The second-order valence-electron chi connectivity index (χ2n) is 7.19. The molecule has 170 valence electrons. The third kappa shape index (κ3) is 5.04. The number of thioether (sulfide) groups is 1. The Kier molecular flexibility index (Phi) is 6.96. The maximum atomic E-state index is 13.1. The van der Waals surface area contributed by atoms with E-state index in [1.165, 1.54) is 22.1 Å². The number of anilines is 1. The second-order valence-corrected chi connectivity index (χ2v) is 11.4. The van der Waals surface area contributed by atoms with Crippen LogP contribution in [-0.2, 0) is 19.6 Å². The Morgan fingerprint density at radius 3 is 2.81 bits per heavy atom. The average molecular weight is 494 g/mol. The first-order valence-corrected chi connectivity index (χ1v) is 13.2. The lowest BCUT2D eigenvalue weighted by Crippen LogP contribution is -2.40. The third-order valence-electron chi connectivity index (χ3n) is 4.91. The Morgan fingerprint density at radius 2 is 2.09 bits per heavy atom. The fourth-order valence-electron chi connectivity index (χ4n) is 3.16. The summed E-state index contributed by atoms with van der Waals surface area (Å²) in [5.41, 5.74) is 1.05. The fourth-order valence-corrected chi connectivity index (χ4v) is 6.21. The van der Waals surface area contributed by atoms with Crippen molar-refractivity contribution in [2.24, 2.45) is 0 Å². The molecule has 0 spiro atoms. The van der Waals surface area contributed by atoms with Gasteiger partial charge >= 0.3 is 0 Å². The zero-order valence-corrected chi connectivity index (χ0v) is 20.0. The Morgan fingerprint density at radius 1 is 1.31 bits per heavy atom. The largest absolute Gasteiger partial charge is 0.379 e. The minimum Gasteiger partial charge on any atom is -0.379 e. The first-order chi connectivity index (χ1) is 15.3. The van der Waals surface area contributed by atoms with Gasteiger partial charge in [-0.3, -0.25) is 9.89 Å². The van der Waals surface area contributed by atoms with Crippen molar-refractivity contribution in [2.75, 3.05) is 31.6 Å². The van der Waals surface area contributed by atoms with Crippen LogP contribution in [-0.4, -0.2) is 65.4 Å². The number of benzene rings is 1. The van der Waals surface area contributed by atoms with Crippen LogP contribution in [0.3, 0.4) is 0 Å². The van der Waals surface area contributed by atoms with Crippen molar-refractivity contribution in [3.8, 4) is 10.7 Å². The molecule has 32 heavy (non-hydrogen) atoms. The van der Waals surface area contributed by atoms with Crippen LogP contribution in [0.2, 0.25) is 0 Å². The number of carbonyl (C=O) groups excluding carboxylic acids is 1. The fraction of sp³-hybridized carbons (Fsp3) is 0.350. The Bertz CT molecular complexity index is 1190. The molecule has 4 rings (SSSR count). The van der Waals surface area contributed by atoms with Crippen molar-refractivity contribution in [1.82, 2.24) is 19.5 Å². The first-order valence-electron chi connectivity index (χ1n) is 9.97. The van der Waals surface area contributed by atoms with E-state index in [0.717, 1.165) is 4.88 Å². The van der Waals surface area contributed by atoms with E-state index in [-0.39, 0.29) is 10.8 Å². The second kappa shape index (κ2) is 9.71. The molecular formula is C20H23N5O4S3. The molecule has 1 aliphatic heterocycles. The van der Waals surface area contributed by atoms with Gasteiger partial charge in [0.2, 0.25) is 21.1 Å². The number of hydrogen-bond acceptors (Lipinski definition) is 8. The number of H-pyrrole nitrogens is 1. The molecule has 1 saturated heterocycles. The first kappa shape index (κ1) is 22.9. The highest BCUT2D eigenvalue weighted by Gasteiger charge is 2.28. The summed E-state index contributed by atoms with van der Waals surface area (Å²) < 4.78 is 32.8. The number of sulfonamides is 1. The van der Waals surface area contributed by atoms with Crippen LogP contribution in [0.15, 0.2) is 45.8 Å². The molecule has 2 N–H and O–H groups in total. The summed E-state index contributed by atoms with van der Waals surface area (Å²) in [4.78, 5) is 18.3. The number of carbonyl (C=O) groups is 1. The van der Waals surface area contributed by atoms with E-state index in [0.29, 0.717) is 48.5 Å². The SMILES string of the molecule is Cc1ccc(NC(=O)[C@H](C)Sc2n[nH]c(-c3cccs3)n2)cc1S(=O)(=O)N1CCOCC1. The van der Waals surface area contributed by atoms with Crippen molar-refractivity contribution in [3.63, 3.8) is 0 Å². The summed E-state index contributed by atoms with van der Waals surface area (Å²) in [7, 11) is -3.66. The zero-order chi connectivity index (χ0) is 22.7. The molecule has 3 heterocycles. The van der Waals surface area contributed by atoms with Gasteiger partial charge in [0, 0.05) is 18.8 Å². The van der Waals surface area contributed by atoms with Gasteiger partial charge in [-0.25, -0.2) is 13.4 Å². The van der Waals surface area contributed by atoms with Gasteiger partial charge in [-0.15, -0.1) is 16.4 Å². The van der Waals surface area contributed by atoms with E-state index in [1.807, 2.05) is 17.5 Å². The average Bonchev–Trinajstić information content (AvgIpc) is 3.47. The molecule has 1 fully saturated rings. The number of hydrogen-bond donors (Lipinski definition) is 2. The Labute approximate surface area is 194 Å². The van der Waals surface area contributed by atoms with Crippen LogP contribution >= 0.6 is 23.1 Å². The molecule has 0 bridgehead atoms. The monoisotopic (exact) mass is 493 g/mol. The molecule has 1 amide bonds. The molecular weight excluding hydrogens is 470 g/mol. The molecule has 0 saturated carbocycles. The number of rotatable bonds is 7. The Balaban J connectivity index is 1.44. The number of aromatic nitrogens is 3. The van der Waals surface area contributed by atoms with Gasteiger partial charge in [-0.05, 0) is 43.0 Å². The molecule has 1 aromatic carbocycles. The zero-order valence-electron chi connectivity index (χ0n) is 17.6. The smallest absolute Gasteiger partial charge is 0.243 e. The van der Waals surface area contributed by atoms with E-state index in [4.69, 9.17) is 4.74 Å². The number of morpholine rings is 1. The van der Waals surface area contributed by atoms with Crippen LogP contribution in [0, 0.1) is 6.92 Å². The van der Waals surface area contributed by atoms with Gasteiger partial charge in [-0.2, -0.15) is 4.31 Å². The van der Waals surface area contributed by atoms with Crippen LogP contribution in [0.1, 0.15) is 12.5 Å². The summed E-state index contributed by atoms with van der Waals surface area (Å²) in [6.07, 6.45) is 0. The van der Waals surface area contributed by atoms with E-state index >= 15 is 0 Å². The van der Waals surface area contributed by atoms with Gasteiger partial charge in [0.05, 0.1) is 28.2 Å². The molecule has 12 heteroatoms. The van der Waals surface area contributed by atoms with Gasteiger partial charge in [-0.1, -0.05) is 23.9 Å². The maximum Gasteiger partial charge on any atom is 0.243 e. The number of ether oxygens (including phenoxy) is 1. The van der Waals surface area contributed by atoms with Crippen molar-refractivity contribution >= 4 is 44.7 Å². The third-order valence-corrected chi connectivity index (χ3v) is 8.79. The molecule has 9 nitrogen and oxygen atoms in total. The quantitative estimate of drug-likeness (QED) is 0.486. The Hall–Kier alpha value is -2.25. The topological polar surface area (TPSA) is 117 Å². The van der Waals surface area contributed by atoms with Crippen molar-refractivity contribution in [3.05, 3.63) is 41.3 Å². The minimum absolute atomic E-state index is 0.187. The normalized spacial score (nSPS) is 16.1. The molecule has 1 aliphatic rings. The van der Waals surface area contributed by atoms with Crippen molar-refractivity contribution in [2.45, 2.75) is 29.1 Å². The van der Waals surface area contributed by atoms with Gasteiger partial charge in [0.25, 0.3) is 0 Å². The number of nitrogens with one attached hydrogen (secondary N) is 2. The summed E-state index contributed by atoms with van der Waals surface area (Å²) in [6.45, 7) is 4.87. The van der Waals surface area contributed by atoms with Gasteiger partial charge in [0.1, 0.15) is 0 Å². The van der Waals surface area contributed by atoms with E-state index in [2.05, 4.69) is 20.5 Å². The van der Waals surface area contributed by atoms with Gasteiger partial charge in [0.15, 0.2) is 5.82 Å². The number of amides is 1.